The third-order valence-corrected chi connectivity index (χ3v) is 1.89. The van der Waals surface area contributed by atoms with E-state index in [0.717, 1.165) is 5.56 Å². The van der Waals surface area contributed by atoms with Crippen molar-refractivity contribution in [3.63, 3.8) is 0 Å². The normalized spacial score (nSPS) is 10.3. The number of ether oxygens (including phenoxy) is 1. The van der Waals surface area contributed by atoms with Crippen molar-refractivity contribution in [2.45, 2.75) is 19.8 Å². The van der Waals surface area contributed by atoms with Crippen molar-refractivity contribution >= 4 is 5.69 Å². The SMILES string of the molecule is COc1ncc([N+](=O)[O-])cc1C(C)C. The Morgan fingerprint density at radius 3 is 2.64 bits per heavy atom. The van der Waals surface area contributed by atoms with Crippen LogP contribution in [0.15, 0.2) is 12.3 Å². The molecule has 76 valence electrons. The van der Waals surface area contributed by atoms with Crippen LogP contribution in [0, 0.1) is 10.1 Å². The quantitative estimate of drug-likeness (QED) is 0.548. The van der Waals surface area contributed by atoms with Crippen LogP contribution in [-0.2, 0) is 0 Å². The first-order chi connectivity index (χ1) is 6.56. The van der Waals surface area contributed by atoms with Gasteiger partial charge in [0.05, 0.1) is 12.0 Å². The number of hydrogen-bond donors (Lipinski definition) is 0. The lowest BCUT2D eigenvalue weighted by Gasteiger charge is -2.09. The molecule has 0 aromatic carbocycles. The first-order valence-corrected chi connectivity index (χ1v) is 4.24. The number of methoxy groups -OCH3 is 1. The lowest BCUT2D eigenvalue weighted by molar-refractivity contribution is -0.385. The second-order valence-electron chi connectivity index (χ2n) is 3.20. The molecule has 14 heavy (non-hydrogen) atoms. The third-order valence-electron chi connectivity index (χ3n) is 1.89. The van der Waals surface area contributed by atoms with Crippen LogP contribution in [-0.4, -0.2) is 17.0 Å². The molecule has 0 amide bonds. The van der Waals surface area contributed by atoms with Gasteiger partial charge in [0.15, 0.2) is 0 Å². The Bertz CT molecular complexity index is 350. The van der Waals surface area contributed by atoms with Crippen LogP contribution in [0.5, 0.6) is 5.88 Å². The summed E-state index contributed by atoms with van der Waals surface area (Å²) in [6, 6.07) is 1.50. The van der Waals surface area contributed by atoms with E-state index < -0.39 is 4.92 Å². The van der Waals surface area contributed by atoms with Gasteiger partial charge in [-0.2, -0.15) is 0 Å². The standard InChI is InChI=1S/C9H12N2O3/c1-6(2)8-4-7(11(12)13)5-10-9(8)14-3/h4-6H,1-3H3. The molecular weight excluding hydrogens is 184 g/mol. The fourth-order valence-corrected chi connectivity index (χ4v) is 1.14. The molecule has 0 aliphatic heterocycles. The molecular formula is C9H12N2O3. The van der Waals surface area contributed by atoms with Crippen molar-refractivity contribution in [2.75, 3.05) is 7.11 Å². The molecule has 0 atom stereocenters. The summed E-state index contributed by atoms with van der Waals surface area (Å²) in [5.41, 5.74) is 0.746. The number of hydrogen-bond acceptors (Lipinski definition) is 4. The summed E-state index contributed by atoms with van der Waals surface area (Å²) >= 11 is 0. The van der Waals surface area contributed by atoms with Gasteiger partial charge in [-0.25, -0.2) is 4.98 Å². The van der Waals surface area contributed by atoms with Crippen molar-refractivity contribution in [3.05, 3.63) is 27.9 Å². The van der Waals surface area contributed by atoms with Crippen molar-refractivity contribution in [2.24, 2.45) is 0 Å². The molecule has 1 aromatic rings. The van der Waals surface area contributed by atoms with Crippen LogP contribution in [0.2, 0.25) is 0 Å². The van der Waals surface area contributed by atoms with Crippen molar-refractivity contribution in [1.29, 1.82) is 0 Å². The average Bonchev–Trinajstić information content (AvgIpc) is 2.16. The molecule has 1 aromatic heterocycles. The minimum atomic E-state index is -0.460. The maximum atomic E-state index is 10.5. The topological polar surface area (TPSA) is 65.3 Å². The van der Waals surface area contributed by atoms with Gasteiger partial charge < -0.3 is 4.74 Å². The van der Waals surface area contributed by atoms with E-state index in [1.54, 1.807) is 0 Å². The minimum absolute atomic E-state index is 0.00509. The Kier molecular flexibility index (Phi) is 3.01. The molecule has 0 spiro atoms. The van der Waals surface area contributed by atoms with Gasteiger partial charge in [0.1, 0.15) is 6.20 Å². The van der Waals surface area contributed by atoms with Gasteiger partial charge in [-0.3, -0.25) is 10.1 Å². The van der Waals surface area contributed by atoms with Gasteiger partial charge in [0.2, 0.25) is 5.88 Å². The summed E-state index contributed by atoms with van der Waals surface area (Å²) in [6.45, 7) is 3.87. The van der Waals surface area contributed by atoms with Gasteiger partial charge in [-0.1, -0.05) is 13.8 Å². The third kappa shape index (κ3) is 1.99. The Hall–Kier alpha value is -1.65. The summed E-state index contributed by atoms with van der Waals surface area (Å²) in [4.78, 5) is 13.9. The molecule has 0 bridgehead atoms. The van der Waals surface area contributed by atoms with Crippen LogP contribution in [0.4, 0.5) is 5.69 Å². The van der Waals surface area contributed by atoms with Crippen molar-refractivity contribution < 1.29 is 9.66 Å². The van der Waals surface area contributed by atoms with Crippen LogP contribution >= 0.6 is 0 Å². The van der Waals surface area contributed by atoms with E-state index >= 15 is 0 Å². The molecule has 1 rings (SSSR count). The Morgan fingerprint density at radius 2 is 2.21 bits per heavy atom. The number of nitrogens with zero attached hydrogens (tertiary/aromatic N) is 2. The molecule has 0 N–H and O–H groups in total. The van der Waals surface area contributed by atoms with Crippen LogP contribution in [0.3, 0.4) is 0 Å². The van der Waals surface area contributed by atoms with Gasteiger partial charge >= 0.3 is 0 Å². The largest absolute Gasteiger partial charge is 0.481 e. The minimum Gasteiger partial charge on any atom is -0.481 e. The smallest absolute Gasteiger partial charge is 0.288 e. The molecule has 0 radical (unpaired) electrons. The first kappa shape index (κ1) is 10.4. The molecule has 0 saturated carbocycles. The zero-order valence-corrected chi connectivity index (χ0v) is 8.35. The monoisotopic (exact) mass is 196 g/mol. The average molecular weight is 196 g/mol. The van der Waals surface area contributed by atoms with Gasteiger partial charge in [0, 0.05) is 11.6 Å². The van der Waals surface area contributed by atoms with E-state index in [2.05, 4.69) is 4.98 Å². The maximum Gasteiger partial charge on any atom is 0.288 e. The highest BCUT2D eigenvalue weighted by Crippen LogP contribution is 2.27. The second kappa shape index (κ2) is 4.04. The lowest BCUT2D eigenvalue weighted by atomic mass is 10.0. The summed E-state index contributed by atoms with van der Waals surface area (Å²) in [6.07, 6.45) is 1.20. The van der Waals surface area contributed by atoms with E-state index in [1.165, 1.54) is 19.4 Å². The number of aromatic nitrogens is 1. The summed E-state index contributed by atoms with van der Waals surface area (Å²) in [5.74, 6) is 0.600. The molecule has 0 aliphatic carbocycles. The number of nitro groups is 1. The van der Waals surface area contributed by atoms with Crippen molar-refractivity contribution in [3.8, 4) is 5.88 Å². The fraction of sp³-hybridized carbons (Fsp3) is 0.444. The van der Waals surface area contributed by atoms with Crippen LogP contribution in [0.1, 0.15) is 25.3 Å². The van der Waals surface area contributed by atoms with Crippen LogP contribution < -0.4 is 4.74 Å². The van der Waals surface area contributed by atoms with E-state index in [1.807, 2.05) is 13.8 Å². The zero-order valence-electron chi connectivity index (χ0n) is 8.35. The van der Waals surface area contributed by atoms with Gasteiger partial charge in [-0.15, -0.1) is 0 Å². The number of pyridine rings is 1. The van der Waals surface area contributed by atoms with E-state index in [-0.39, 0.29) is 11.6 Å². The summed E-state index contributed by atoms with van der Waals surface area (Å²) in [7, 11) is 1.50. The highest BCUT2D eigenvalue weighted by Gasteiger charge is 2.14. The Morgan fingerprint density at radius 1 is 1.57 bits per heavy atom. The molecule has 0 aliphatic rings. The lowest BCUT2D eigenvalue weighted by Crippen LogP contribution is -1.99. The van der Waals surface area contributed by atoms with Crippen molar-refractivity contribution in [1.82, 2.24) is 4.98 Å². The predicted molar refractivity (Wildman–Crippen MR) is 51.5 cm³/mol. The Balaban J connectivity index is 3.20. The molecule has 0 saturated heterocycles. The Labute approximate surface area is 81.9 Å². The highest BCUT2D eigenvalue weighted by molar-refractivity contribution is 5.39. The molecule has 0 fully saturated rings. The van der Waals surface area contributed by atoms with Gasteiger partial charge in [0.25, 0.3) is 5.69 Å². The number of rotatable bonds is 3. The van der Waals surface area contributed by atoms with Gasteiger partial charge in [-0.05, 0) is 5.92 Å². The molecule has 5 nitrogen and oxygen atoms in total. The highest BCUT2D eigenvalue weighted by atomic mass is 16.6. The first-order valence-electron chi connectivity index (χ1n) is 4.24. The summed E-state index contributed by atoms with van der Waals surface area (Å²) < 4.78 is 5.01. The zero-order chi connectivity index (χ0) is 10.7. The van der Waals surface area contributed by atoms with E-state index in [4.69, 9.17) is 4.74 Å². The van der Waals surface area contributed by atoms with E-state index in [9.17, 15) is 10.1 Å². The molecule has 0 unspecified atom stereocenters. The van der Waals surface area contributed by atoms with Crippen LogP contribution in [0.25, 0.3) is 0 Å². The maximum absolute atomic E-state index is 10.5. The summed E-state index contributed by atoms with van der Waals surface area (Å²) in [5, 5.41) is 10.5. The molecule has 1 heterocycles. The fourth-order valence-electron chi connectivity index (χ4n) is 1.14. The second-order valence-corrected chi connectivity index (χ2v) is 3.20. The molecule has 5 heteroatoms. The predicted octanol–water partition coefficient (Wildman–Crippen LogP) is 2.12. The van der Waals surface area contributed by atoms with E-state index in [0.29, 0.717) is 5.88 Å².